The van der Waals surface area contributed by atoms with Gasteiger partial charge in [0.05, 0.1) is 0 Å². The van der Waals surface area contributed by atoms with E-state index < -0.39 is 0 Å². The third-order valence-corrected chi connectivity index (χ3v) is 2.78. The first-order chi connectivity index (χ1) is 7.66. The predicted octanol–water partition coefficient (Wildman–Crippen LogP) is 0.223. The number of hydrogen-bond acceptors (Lipinski definition) is 3. The van der Waals surface area contributed by atoms with Crippen LogP contribution in [0.4, 0.5) is 10.6 Å². The van der Waals surface area contributed by atoms with Gasteiger partial charge in [-0.1, -0.05) is 0 Å². The fourth-order valence-electron chi connectivity index (χ4n) is 1.84. The zero-order valence-corrected chi connectivity index (χ0v) is 9.46. The lowest BCUT2D eigenvalue weighted by Crippen LogP contribution is -2.30. The predicted molar refractivity (Wildman–Crippen MR) is 60.9 cm³/mol. The minimum absolute atomic E-state index is 0.125. The van der Waals surface area contributed by atoms with Gasteiger partial charge in [0.25, 0.3) is 0 Å². The number of nitrogens with zero attached hydrogens (tertiary/aromatic N) is 4. The maximum absolute atomic E-state index is 11.6. The molecule has 0 aromatic carbocycles. The molecule has 2 heterocycles. The molecule has 0 radical (unpaired) electrons. The molecular weight excluding hydrogens is 206 g/mol. The van der Waals surface area contributed by atoms with Crippen molar-refractivity contribution in [2.45, 2.75) is 13.0 Å². The molecular formula is C10H17N5O. The Morgan fingerprint density at radius 1 is 1.44 bits per heavy atom. The molecule has 1 aliphatic heterocycles. The Bertz CT molecular complexity index is 375. The summed E-state index contributed by atoms with van der Waals surface area (Å²) >= 11 is 0. The molecule has 0 saturated carbocycles. The van der Waals surface area contributed by atoms with Gasteiger partial charge in [0.15, 0.2) is 0 Å². The molecule has 2 N–H and O–H groups in total. The molecule has 0 aliphatic carbocycles. The van der Waals surface area contributed by atoms with Crippen molar-refractivity contribution in [3.63, 3.8) is 0 Å². The van der Waals surface area contributed by atoms with Gasteiger partial charge in [0.1, 0.15) is 5.82 Å². The first kappa shape index (κ1) is 10.8. The van der Waals surface area contributed by atoms with Crippen molar-refractivity contribution in [3.8, 4) is 0 Å². The van der Waals surface area contributed by atoms with Gasteiger partial charge >= 0.3 is 6.03 Å². The smallest absolute Gasteiger partial charge is 0.319 e. The van der Waals surface area contributed by atoms with Crippen LogP contribution < -0.4 is 5.73 Å². The van der Waals surface area contributed by atoms with E-state index in [4.69, 9.17) is 5.73 Å². The topological polar surface area (TPSA) is 67.4 Å². The maximum Gasteiger partial charge on any atom is 0.319 e. The van der Waals surface area contributed by atoms with Crippen molar-refractivity contribution >= 4 is 11.8 Å². The number of anilines is 1. The Kier molecular flexibility index (Phi) is 2.98. The fraction of sp³-hybridized carbons (Fsp3) is 0.600. The van der Waals surface area contributed by atoms with Gasteiger partial charge in [-0.05, 0) is 12.5 Å². The lowest BCUT2D eigenvalue weighted by molar-refractivity contribution is 0.197. The normalized spacial score (nSPS) is 16.2. The van der Waals surface area contributed by atoms with Crippen LogP contribution in [0.2, 0.25) is 0 Å². The van der Waals surface area contributed by atoms with Gasteiger partial charge in [0, 0.05) is 39.4 Å². The van der Waals surface area contributed by atoms with Crippen LogP contribution >= 0.6 is 0 Å². The molecule has 1 aromatic heterocycles. The number of hydrogen-bond donors (Lipinski definition) is 1. The average Bonchev–Trinajstić information content (AvgIpc) is 2.79. The van der Waals surface area contributed by atoms with Crippen molar-refractivity contribution < 1.29 is 4.79 Å². The van der Waals surface area contributed by atoms with Gasteiger partial charge < -0.3 is 15.5 Å². The van der Waals surface area contributed by atoms with E-state index in [-0.39, 0.29) is 6.03 Å². The number of nitrogen functional groups attached to an aromatic ring is 1. The number of carbonyl (C=O) groups excluding carboxylic acids is 1. The van der Waals surface area contributed by atoms with E-state index in [0.29, 0.717) is 5.82 Å². The van der Waals surface area contributed by atoms with Crippen molar-refractivity contribution in [2.75, 3.05) is 32.4 Å². The molecule has 1 saturated heterocycles. The van der Waals surface area contributed by atoms with Gasteiger partial charge in [-0.25, -0.2) is 4.79 Å². The summed E-state index contributed by atoms with van der Waals surface area (Å²) in [6.45, 7) is 3.23. The zero-order chi connectivity index (χ0) is 11.5. The van der Waals surface area contributed by atoms with E-state index in [1.165, 1.54) is 0 Å². The first-order valence-electron chi connectivity index (χ1n) is 5.46. The lowest BCUT2D eigenvalue weighted by atomic mass is 10.4. The molecule has 6 nitrogen and oxygen atoms in total. The molecule has 1 aromatic rings. The van der Waals surface area contributed by atoms with Gasteiger partial charge in [-0.3, -0.25) is 4.68 Å². The molecule has 0 bridgehead atoms. The highest BCUT2D eigenvalue weighted by Gasteiger charge is 2.24. The SMILES string of the molecule is CN1CCN(CCCn2ccc(N)n2)C1=O. The first-order valence-corrected chi connectivity index (χ1v) is 5.46. The van der Waals surface area contributed by atoms with Crippen LogP contribution in [0.3, 0.4) is 0 Å². The second-order valence-electron chi connectivity index (χ2n) is 4.05. The number of aromatic nitrogens is 2. The Labute approximate surface area is 94.6 Å². The quantitative estimate of drug-likeness (QED) is 0.794. The summed E-state index contributed by atoms with van der Waals surface area (Å²) in [5.74, 6) is 0.539. The van der Waals surface area contributed by atoms with E-state index in [2.05, 4.69) is 5.10 Å². The third kappa shape index (κ3) is 2.26. The minimum atomic E-state index is 0.125. The average molecular weight is 223 g/mol. The highest BCUT2D eigenvalue weighted by atomic mass is 16.2. The second kappa shape index (κ2) is 4.42. The van der Waals surface area contributed by atoms with E-state index >= 15 is 0 Å². The Balaban J connectivity index is 1.74. The van der Waals surface area contributed by atoms with Gasteiger partial charge in [-0.2, -0.15) is 5.10 Å². The summed E-state index contributed by atoms with van der Waals surface area (Å²) in [5.41, 5.74) is 5.51. The molecule has 2 rings (SSSR count). The number of urea groups is 1. The summed E-state index contributed by atoms with van der Waals surface area (Å²) in [4.78, 5) is 15.2. The summed E-state index contributed by atoms with van der Waals surface area (Å²) in [5, 5.41) is 4.09. The monoisotopic (exact) mass is 223 g/mol. The zero-order valence-electron chi connectivity index (χ0n) is 9.46. The summed E-state index contributed by atoms with van der Waals surface area (Å²) in [6.07, 6.45) is 2.76. The maximum atomic E-state index is 11.6. The largest absolute Gasteiger partial charge is 0.382 e. The molecule has 2 amide bonds. The molecule has 1 fully saturated rings. The molecule has 0 unspecified atom stereocenters. The number of likely N-dealkylation sites (N-methyl/N-ethyl adjacent to an activating group) is 1. The highest BCUT2D eigenvalue weighted by molar-refractivity contribution is 5.76. The standard InChI is InChI=1S/C10H17N5O/c1-13-7-8-14(10(13)16)4-2-5-15-6-3-9(11)12-15/h3,6H,2,4-5,7-8H2,1H3,(H2,11,12). The van der Waals surface area contributed by atoms with Crippen molar-refractivity contribution in [1.82, 2.24) is 19.6 Å². The van der Waals surface area contributed by atoms with E-state index in [1.54, 1.807) is 15.6 Å². The number of carbonyl (C=O) groups is 1. The molecule has 88 valence electrons. The Hall–Kier alpha value is -1.72. The highest BCUT2D eigenvalue weighted by Crippen LogP contribution is 2.07. The summed E-state index contributed by atoms with van der Waals surface area (Å²) < 4.78 is 1.81. The number of amides is 2. The van der Waals surface area contributed by atoms with Crippen LogP contribution in [0.25, 0.3) is 0 Å². The summed E-state index contributed by atoms with van der Waals surface area (Å²) in [7, 11) is 1.83. The molecule has 16 heavy (non-hydrogen) atoms. The Morgan fingerprint density at radius 3 is 2.81 bits per heavy atom. The van der Waals surface area contributed by atoms with Crippen molar-refractivity contribution in [3.05, 3.63) is 12.3 Å². The molecule has 0 spiro atoms. The van der Waals surface area contributed by atoms with E-state index in [9.17, 15) is 4.79 Å². The van der Waals surface area contributed by atoms with Crippen LogP contribution in [-0.2, 0) is 6.54 Å². The number of nitrogens with two attached hydrogens (primary N) is 1. The molecule has 1 aliphatic rings. The fourth-order valence-corrected chi connectivity index (χ4v) is 1.84. The number of rotatable bonds is 4. The van der Waals surface area contributed by atoms with Crippen LogP contribution in [0.5, 0.6) is 0 Å². The Morgan fingerprint density at radius 2 is 2.25 bits per heavy atom. The van der Waals surface area contributed by atoms with Crippen LogP contribution in [0, 0.1) is 0 Å². The minimum Gasteiger partial charge on any atom is -0.382 e. The summed E-state index contributed by atoms with van der Waals surface area (Å²) in [6, 6.07) is 1.90. The lowest BCUT2D eigenvalue weighted by Gasteiger charge is -2.15. The van der Waals surface area contributed by atoms with Crippen molar-refractivity contribution in [2.24, 2.45) is 0 Å². The van der Waals surface area contributed by atoms with Crippen molar-refractivity contribution in [1.29, 1.82) is 0 Å². The molecule has 6 heteroatoms. The van der Waals surface area contributed by atoms with E-state index in [1.807, 2.05) is 18.1 Å². The number of aryl methyl sites for hydroxylation is 1. The van der Waals surface area contributed by atoms with Crippen LogP contribution in [0.15, 0.2) is 12.3 Å². The molecule has 0 atom stereocenters. The second-order valence-corrected chi connectivity index (χ2v) is 4.05. The van der Waals surface area contributed by atoms with E-state index in [0.717, 1.165) is 32.6 Å². The van der Waals surface area contributed by atoms with Crippen LogP contribution in [-0.4, -0.2) is 52.3 Å². The van der Waals surface area contributed by atoms with Crippen LogP contribution in [0.1, 0.15) is 6.42 Å². The van der Waals surface area contributed by atoms with Gasteiger partial charge in [0.2, 0.25) is 0 Å². The van der Waals surface area contributed by atoms with Gasteiger partial charge in [-0.15, -0.1) is 0 Å². The third-order valence-electron chi connectivity index (χ3n) is 2.78.